The number of carbonyl (C=O) groups excluding carboxylic acids is 2. The van der Waals surface area contributed by atoms with Crippen LogP contribution in [0.1, 0.15) is 18.1 Å². The number of benzene rings is 2. The Morgan fingerprint density at radius 1 is 0.920 bits per heavy atom. The first-order valence-electron chi connectivity index (χ1n) is 8.36. The summed E-state index contributed by atoms with van der Waals surface area (Å²) in [7, 11) is 0. The van der Waals surface area contributed by atoms with Gasteiger partial charge in [-0.25, -0.2) is 0 Å². The largest absolute Gasteiger partial charge is 0.391 e. The summed E-state index contributed by atoms with van der Waals surface area (Å²) in [6, 6.07) is 18.5. The molecule has 0 spiro atoms. The van der Waals surface area contributed by atoms with Gasteiger partial charge in [-0.2, -0.15) is 0 Å². The number of aliphatic hydroxyl groups excluding tert-OH is 1. The fourth-order valence-electron chi connectivity index (χ4n) is 2.46. The number of carbonyl (C=O) groups is 2. The number of nitrogens with one attached hydrogen (secondary N) is 2. The highest BCUT2D eigenvalue weighted by atomic mass is 16.3. The molecule has 0 radical (unpaired) electrons. The summed E-state index contributed by atoms with van der Waals surface area (Å²) in [5.74, 6) is -0.528. The molecule has 132 valence electrons. The summed E-state index contributed by atoms with van der Waals surface area (Å²) in [5, 5.41) is 15.5. The van der Waals surface area contributed by atoms with E-state index >= 15 is 0 Å². The van der Waals surface area contributed by atoms with Crippen LogP contribution in [0.4, 0.5) is 0 Å². The van der Waals surface area contributed by atoms with Gasteiger partial charge in [0.05, 0.1) is 25.1 Å². The van der Waals surface area contributed by atoms with Crippen LogP contribution in [0.15, 0.2) is 60.7 Å². The summed E-state index contributed by atoms with van der Waals surface area (Å²) >= 11 is 0. The van der Waals surface area contributed by atoms with Crippen molar-refractivity contribution in [3.8, 4) is 0 Å². The average molecular weight is 340 g/mol. The molecule has 2 rings (SSSR count). The van der Waals surface area contributed by atoms with Gasteiger partial charge in [0, 0.05) is 6.42 Å². The molecule has 25 heavy (non-hydrogen) atoms. The molecule has 2 aromatic carbocycles. The SMILES string of the molecule is CC(NC(=O)CNC(=O)Cc1ccccc1)C(O)Cc1ccccc1. The lowest BCUT2D eigenvalue weighted by molar-refractivity contribution is -0.126. The van der Waals surface area contributed by atoms with Gasteiger partial charge in [-0.05, 0) is 18.1 Å². The minimum Gasteiger partial charge on any atom is -0.391 e. The van der Waals surface area contributed by atoms with E-state index in [0.29, 0.717) is 6.42 Å². The lowest BCUT2D eigenvalue weighted by atomic mass is 10.0. The Hall–Kier alpha value is -2.66. The van der Waals surface area contributed by atoms with Crippen molar-refractivity contribution < 1.29 is 14.7 Å². The fraction of sp³-hybridized carbons (Fsp3) is 0.300. The predicted molar refractivity (Wildman–Crippen MR) is 96.9 cm³/mol. The first-order valence-corrected chi connectivity index (χ1v) is 8.36. The number of hydrogen-bond donors (Lipinski definition) is 3. The van der Waals surface area contributed by atoms with Crippen LogP contribution in [-0.2, 0) is 22.4 Å². The molecule has 3 N–H and O–H groups in total. The molecule has 5 nitrogen and oxygen atoms in total. The lowest BCUT2D eigenvalue weighted by Crippen LogP contribution is -2.46. The minimum atomic E-state index is -0.689. The van der Waals surface area contributed by atoms with E-state index < -0.39 is 12.1 Å². The second kappa shape index (κ2) is 9.59. The van der Waals surface area contributed by atoms with Gasteiger partial charge in [0.25, 0.3) is 0 Å². The van der Waals surface area contributed by atoms with Crippen LogP contribution >= 0.6 is 0 Å². The Morgan fingerprint density at radius 3 is 2.08 bits per heavy atom. The molecular weight excluding hydrogens is 316 g/mol. The first-order chi connectivity index (χ1) is 12.0. The first kappa shape index (κ1) is 18.7. The van der Waals surface area contributed by atoms with Gasteiger partial charge < -0.3 is 15.7 Å². The molecular formula is C20H24N2O3. The van der Waals surface area contributed by atoms with Gasteiger partial charge in [-0.15, -0.1) is 0 Å². The van der Waals surface area contributed by atoms with Crippen LogP contribution in [0.5, 0.6) is 0 Å². The van der Waals surface area contributed by atoms with E-state index in [-0.39, 0.29) is 24.8 Å². The van der Waals surface area contributed by atoms with Crippen LogP contribution in [0.3, 0.4) is 0 Å². The standard InChI is InChI=1S/C20H24N2O3/c1-15(18(23)12-16-8-4-2-5-9-16)22-20(25)14-21-19(24)13-17-10-6-3-7-11-17/h2-11,15,18,23H,12-14H2,1H3,(H,21,24)(H,22,25). The molecule has 0 aliphatic rings. The van der Waals surface area contributed by atoms with Gasteiger partial charge in [0.1, 0.15) is 0 Å². The van der Waals surface area contributed by atoms with Crippen LogP contribution < -0.4 is 10.6 Å². The van der Waals surface area contributed by atoms with E-state index in [9.17, 15) is 14.7 Å². The van der Waals surface area contributed by atoms with Crippen molar-refractivity contribution >= 4 is 11.8 Å². The zero-order chi connectivity index (χ0) is 18.1. The van der Waals surface area contributed by atoms with Crippen molar-refractivity contribution in [3.63, 3.8) is 0 Å². The number of hydrogen-bond acceptors (Lipinski definition) is 3. The number of amides is 2. The van der Waals surface area contributed by atoms with E-state index in [1.807, 2.05) is 60.7 Å². The Kier molecular flexibility index (Phi) is 7.16. The molecule has 2 aromatic rings. The van der Waals surface area contributed by atoms with Gasteiger partial charge in [0.2, 0.25) is 11.8 Å². The van der Waals surface area contributed by atoms with Crippen LogP contribution in [0.2, 0.25) is 0 Å². The van der Waals surface area contributed by atoms with Crippen molar-refractivity contribution in [3.05, 3.63) is 71.8 Å². The third kappa shape index (κ3) is 6.77. The molecule has 0 aromatic heterocycles. The smallest absolute Gasteiger partial charge is 0.239 e. The highest BCUT2D eigenvalue weighted by molar-refractivity contribution is 5.85. The summed E-state index contributed by atoms with van der Waals surface area (Å²) in [4.78, 5) is 23.8. The van der Waals surface area contributed by atoms with Crippen LogP contribution in [-0.4, -0.2) is 35.6 Å². The van der Waals surface area contributed by atoms with Crippen molar-refractivity contribution in [2.45, 2.75) is 31.9 Å². The van der Waals surface area contributed by atoms with E-state index in [1.54, 1.807) is 6.92 Å². The molecule has 2 unspecified atom stereocenters. The third-order valence-corrected chi connectivity index (χ3v) is 3.91. The highest BCUT2D eigenvalue weighted by Crippen LogP contribution is 2.06. The molecule has 0 fully saturated rings. The minimum absolute atomic E-state index is 0.103. The summed E-state index contributed by atoms with van der Waals surface area (Å²) in [5.41, 5.74) is 1.90. The monoisotopic (exact) mass is 340 g/mol. The molecule has 0 saturated heterocycles. The Balaban J connectivity index is 1.71. The summed E-state index contributed by atoms with van der Waals surface area (Å²) < 4.78 is 0. The van der Waals surface area contributed by atoms with Crippen molar-refractivity contribution in [2.75, 3.05) is 6.54 Å². The fourth-order valence-corrected chi connectivity index (χ4v) is 2.46. The molecule has 0 aliphatic carbocycles. The molecule has 0 bridgehead atoms. The van der Waals surface area contributed by atoms with Crippen LogP contribution in [0.25, 0.3) is 0 Å². The normalized spacial score (nSPS) is 12.9. The molecule has 0 aliphatic heterocycles. The van der Waals surface area contributed by atoms with Gasteiger partial charge in [0.15, 0.2) is 0 Å². The van der Waals surface area contributed by atoms with Gasteiger partial charge >= 0.3 is 0 Å². The maximum Gasteiger partial charge on any atom is 0.239 e. The zero-order valence-corrected chi connectivity index (χ0v) is 14.3. The summed E-state index contributed by atoms with van der Waals surface area (Å²) in [6.45, 7) is 1.64. The maximum absolute atomic E-state index is 11.9. The zero-order valence-electron chi connectivity index (χ0n) is 14.3. The molecule has 0 saturated carbocycles. The molecule has 0 heterocycles. The lowest BCUT2D eigenvalue weighted by Gasteiger charge is -2.20. The van der Waals surface area contributed by atoms with Crippen molar-refractivity contribution in [2.24, 2.45) is 0 Å². The topological polar surface area (TPSA) is 78.4 Å². The predicted octanol–water partition coefficient (Wildman–Crippen LogP) is 1.45. The second-order valence-electron chi connectivity index (χ2n) is 6.05. The number of rotatable bonds is 8. The quantitative estimate of drug-likeness (QED) is 0.681. The van der Waals surface area contributed by atoms with Crippen molar-refractivity contribution in [1.82, 2.24) is 10.6 Å². The molecule has 5 heteroatoms. The molecule has 2 atom stereocenters. The van der Waals surface area contributed by atoms with Crippen molar-refractivity contribution in [1.29, 1.82) is 0 Å². The Labute approximate surface area is 148 Å². The highest BCUT2D eigenvalue weighted by Gasteiger charge is 2.17. The molecule has 2 amide bonds. The van der Waals surface area contributed by atoms with E-state index in [4.69, 9.17) is 0 Å². The van der Waals surface area contributed by atoms with Gasteiger partial charge in [-0.3, -0.25) is 9.59 Å². The maximum atomic E-state index is 11.9. The van der Waals surface area contributed by atoms with E-state index in [2.05, 4.69) is 10.6 Å². The number of aliphatic hydroxyl groups is 1. The van der Waals surface area contributed by atoms with E-state index in [0.717, 1.165) is 11.1 Å². The average Bonchev–Trinajstić information content (AvgIpc) is 2.61. The Morgan fingerprint density at radius 2 is 1.48 bits per heavy atom. The second-order valence-corrected chi connectivity index (χ2v) is 6.05. The van der Waals surface area contributed by atoms with E-state index in [1.165, 1.54) is 0 Å². The van der Waals surface area contributed by atoms with Gasteiger partial charge in [-0.1, -0.05) is 60.7 Å². The third-order valence-electron chi connectivity index (χ3n) is 3.91. The summed E-state index contributed by atoms with van der Waals surface area (Å²) in [6.07, 6.45) is 0.00883. The Bertz CT molecular complexity index is 674. The van der Waals surface area contributed by atoms with Crippen LogP contribution in [0, 0.1) is 0 Å².